The maximum Gasteiger partial charge on any atom is 0.0663 e. The molecule has 2 rings (SSSR count). The maximum absolute atomic E-state index is 4.15. The molecule has 3 heteroatoms. The number of aromatic nitrogens is 2. The topological polar surface area (TPSA) is 20.5 Å². The number of anilines is 1. The van der Waals surface area contributed by atoms with E-state index in [9.17, 15) is 0 Å². The van der Waals surface area contributed by atoms with Gasteiger partial charge < -0.3 is 4.90 Å². The van der Waals surface area contributed by atoms with Crippen molar-refractivity contribution in [2.24, 2.45) is 0 Å². The predicted molar refractivity (Wildman–Crippen MR) is 49.5 cm³/mol. The van der Waals surface area contributed by atoms with Crippen LogP contribution < -0.4 is 4.90 Å². The van der Waals surface area contributed by atoms with Gasteiger partial charge in [-0.3, -0.25) is 0 Å². The van der Waals surface area contributed by atoms with Crippen molar-refractivity contribution in [2.75, 3.05) is 19.0 Å². The molecule has 2 aromatic rings. The Morgan fingerprint density at radius 2 is 2.08 bits per heavy atom. The zero-order chi connectivity index (χ0) is 8.55. The van der Waals surface area contributed by atoms with Crippen molar-refractivity contribution in [1.82, 2.24) is 9.61 Å². The van der Waals surface area contributed by atoms with Crippen LogP contribution in [0.4, 0.5) is 5.69 Å². The summed E-state index contributed by atoms with van der Waals surface area (Å²) in [4.78, 5) is 2.06. The Bertz CT molecular complexity index is 389. The molecular weight excluding hydrogens is 150 g/mol. The molecule has 0 unspecified atom stereocenters. The van der Waals surface area contributed by atoms with E-state index in [0.29, 0.717) is 0 Å². The summed E-state index contributed by atoms with van der Waals surface area (Å²) in [5.41, 5.74) is 2.28. The van der Waals surface area contributed by atoms with Crippen LogP contribution in [0.25, 0.3) is 5.52 Å². The molecule has 0 fully saturated rings. The Morgan fingerprint density at radius 3 is 2.83 bits per heavy atom. The van der Waals surface area contributed by atoms with E-state index < -0.39 is 0 Å². The van der Waals surface area contributed by atoms with Gasteiger partial charge in [0.05, 0.1) is 17.4 Å². The van der Waals surface area contributed by atoms with Gasteiger partial charge in [-0.1, -0.05) is 0 Å². The van der Waals surface area contributed by atoms with Crippen molar-refractivity contribution in [1.29, 1.82) is 0 Å². The summed E-state index contributed by atoms with van der Waals surface area (Å²) >= 11 is 0. The van der Waals surface area contributed by atoms with Crippen LogP contribution in [0.15, 0.2) is 30.6 Å². The van der Waals surface area contributed by atoms with Gasteiger partial charge in [0.15, 0.2) is 0 Å². The highest BCUT2D eigenvalue weighted by Gasteiger charge is 1.96. The van der Waals surface area contributed by atoms with Crippen molar-refractivity contribution >= 4 is 11.2 Å². The first-order valence-electron chi connectivity index (χ1n) is 3.88. The van der Waals surface area contributed by atoms with Crippen LogP contribution in [-0.2, 0) is 0 Å². The molecule has 3 nitrogen and oxygen atoms in total. The van der Waals surface area contributed by atoms with Crippen molar-refractivity contribution in [2.45, 2.75) is 0 Å². The number of hydrogen-bond donors (Lipinski definition) is 0. The lowest BCUT2D eigenvalue weighted by molar-refractivity contribution is 0.949. The van der Waals surface area contributed by atoms with Gasteiger partial charge >= 0.3 is 0 Å². The normalized spacial score (nSPS) is 10.5. The molecule has 0 aliphatic rings. The van der Waals surface area contributed by atoms with Gasteiger partial charge in [-0.15, -0.1) is 0 Å². The molecule has 0 saturated carbocycles. The largest absolute Gasteiger partial charge is 0.376 e. The number of hydrogen-bond acceptors (Lipinski definition) is 2. The summed E-state index contributed by atoms with van der Waals surface area (Å²) in [6.07, 6.45) is 3.81. The second-order valence-corrected chi connectivity index (χ2v) is 2.98. The molecule has 2 heterocycles. The molecular formula is C9H11N3. The molecule has 0 N–H and O–H groups in total. The van der Waals surface area contributed by atoms with Crippen molar-refractivity contribution in [3.8, 4) is 0 Å². The fourth-order valence-electron chi connectivity index (χ4n) is 1.17. The third-order valence-electron chi connectivity index (χ3n) is 1.90. The second-order valence-electron chi connectivity index (χ2n) is 2.98. The first kappa shape index (κ1) is 7.16. The van der Waals surface area contributed by atoms with Crippen molar-refractivity contribution in [3.63, 3.8) is 0 Å². The highest BCUT2D eigenvalue weighted by atomic mass is 15.2. The van der Waals surface area contributed by atoms with Gasteiger partial charge in [0, 0.05) is 20.3 Å². The zero-order valence-electron chi connectivity index (χ0n) is 7.23. The van der Waals surface area contributed by atoms with Gasteiger partial charge in [0.2, 0.25) is 0 Å². The molecule has 12 heavy (non-hydrogen) atoms. The average Bonchev–Trinajstić information content (AvgIpc) is 2.49. The molecule has 0 atom stereocenters. The lowest BCUT2D eigenvalue weighted by Crippen LogP contribution is -2.09. The van der Waals surface area contributed by atoms with Gasteiger partial charge in [-0.05, 0) is 18.2 Å². The molecule has 0 aliphatic carbocycles. The van der Waals surface area contributed by atoms with Crippen LogP contribution in [-0.4, -0.2) is 23.7 Å². The Labute approximate surface area is 71.2 Å². The highest BCUT2D eigenvalue weighted by molar-refractivity contribution is 5.53. The van der Waals surface area contributed by atoms with Gasteiger partial charge in [-0.2, -0.15) is 5.10 Å². The summed E-state index contributed by atoms with van der Waals surface area (Å²) < 4.78 is 1.87. The van der Waals surface area contributed by atoms with Crippen LogP contribution in [0, 0.1) is 0 Å². The van der Waals surface area contributed by atoms with Crippen LogP contribution >= 0.6 is 0 Å². The molecule has 0 bridgehead atoms. The first-order valence-corrected chi connectivity index (χ1v) is 3.88. The molecule has 0 spiro atoms. The van der Waals surface area contributed by atoms with Gasteiger partial charge in [0.1, 0.15) is 0 Å². The molecule has 0 saturated heterocycles. The van der Waals surface area contributed by atoms with Crippen LogP contribution in [0.3, 0.4) is 0 Å². The molecule has 62 valence electrons. The predicted octanol–water partition coefficient (Wildman–Crippen LogP) is 1.40. The van der Waals surface area contributed by atoms with Gasteiger partial charge in [-0.25, -0.2) is 4.52 Å². The van der Waals surface area contributed by atoms with E-state index in [0.717, 1.165) is 11.2 Å². The Balaban J connectivity index is 2.60. The summed E-state index contributed by atoms with van der Waals surface area (Å²) in [5.74, 6) is 0. The van der Waals surface area contributed by atoms with E-state index in [1.54, 1.807) is 6.20 Å². The minimum absolute atomic E-state index is 1.13. The summed E-state index contributed by atoms with van der Waals surface area (Å²) in [6.45, 7) is 0. The first-order chi connectivity index (χ1) is 5.77. The monoisotopic (exact) mass is 161 g/mol. The maximum atomic E-state index is 4.15. The third kappa shape index (κ3) is 1.03. The fraction of sp³-hybridized carbons (Fsp3) is 0.222. The molecule has 0 radical (unpaired) electrons. The van der Waals surface area contributed by atoms with E-state index in [-0.39, 0.29) is 0 Å². The summed E-state index contributed by atoms with van der Waals surface area (Å²) in [6, 6.07) is 6.12. The minimum atomic E-state index is 1.13. The lowest BCUT2D eigenvalue weighted by atomic mass is 10.3. The number of nitrogens with zero attached hydrogens (tertiary/aromatic N) is 3. The van der Waals surface area contributed by atoms with Crippen LogP contribution in [0.1, 0.15) is 0 Å². The minimum Gasteiger partial charge on any atom is -0.376 e. The molecule has 2 aromatic heterocycles. The Morgan fingerprint density at radius 1 is 1.25 bits per heavy atom. The number of pyridine rings is 1. The van der Waals surface area contributed by atoms with E-state index in [1.807, 2.05) is 30.9 Å². The number of fused-ring (bicyclic) bond motifs is 1. The van der Waals surface area contributed by atoms with E-state index >= 15 is 0 Å². The van der Waals surface area contributed by atoms with E-state index in [4.69, 9.17) is 0 Å². The molecule has 0 amide bonds. The Hall–Kier alpha value is -1.51. The zero-order valence-corrected chi connectivity index (χ0v) is 7.23. The number of rotatable bonds is 1. The smallest absolute Gasteiger partial charge is 0.0663 e. The standard InChI is InChI=1S/C9H11N3/c1-11(2)9-4-3-8-5-6-10-12(8)7-9/h3-7H,1-2H3. The SMILES string of the molecule is CN(C)c1ccc2ccnn2c1. The second kappa shape index (κ2) is 2.52. The van der Waals surface area contributed by atoms with Crippen LogP contribution in [0.5, 0.6) is 0 Å². The van der Waals surface area contributed by atoms with Gasteiger partial charge in [0.25, 0.3) is 0 Å². The molecule has 0 aliphatic heterocycles. The van der Waals surface area contributed by atoms with E-state index in [1.165, 1.54) is 0 Å². The Kier molecular flexibility index (Phi) is 1.50. The lowest BCUT2D eigenvalue weighted by Gasteiger charge is -2.11. The quantitative estimate of drug-likeness (QED) is 0.630. The third-order valence-corrected chi connectivity index (χ3v) is 1.90. The van der Waals surface area contributed by atoms with Crippen molar-refractivity contribution < 1.29 is 0 Å². The fourth-order valence-corrected chi connectivity index (χ4v) is 1.17. The summed E-state index contributed by atoms with van der Waals surface area (Å²) in [5, 5.41) is 4.15. The van der Waals surface area contributed by atoms with Crippen molar-refractivity contribution in [3.05, 3.63) is 30.6 Å². The molecule has 0 aromatic carbocycles. The summed E-state index contributed by atoms with van der Waals surface area (Å²) in [7, 11) is 4.04. The highest BCUT2D eigenvalue weighted by Crippen LogP contribution is 2.11. The average molecular weight is 161 g/mol. The van der Waals surface area contributed by atoms with Crippen LogP contribution in [0.2, 0.25) is 0 Å². The van der Waals surface area contributed by atoms with E-state index in [2.05, 4.69) is 22.1 Å².